The van der Waals surface area contributed by atoms with Gasteiger partial charge < -0.3 is 4.90 Å². The number of benzene rings is 2. The van der Waals surface area contributed by atoms with E-state index in [1.165, 1.54) is 24.1 Å². The molecule has 1 spiro atoms. The third-order valence-electron chi connectivity index (χ3n) is 6.36. The van der Waals surface area contributed by atoms with Crippen LogP contribution in [0.2, 0.25) is 0 Å². The second-order valence-electron chi connectivity index (χ2n) is 7.76. The van der Waals surface area contributed by atoms with Gasteiger partial charge in [0.1, 0.15) is 5.41 Å². The number of amides is 1. The van der Waals surface area contributed by atoms with Crippen molar-refractivity contribution in [1.29, 1.82) is 0 Å². The van der Waals surface area contributed by atoms with Gasteiger partial charge in [-0.05, 0) is 68.5 Å². The fraction of sp³-hybridized carbons (Fsp3) is 0.364. The first-order chi connectivity index (χ1) is 13.1. The maximum absolute atomic E-state index is 13.8. The van der Waals surface area contributed by atoms with Crippen LogP contribution < -0.4 is 9.91 Å². The van der Waals surface area contributed by atoms with E-state index in [0.717, 1.165) is 35.3 Å². The van der Waals surface area contributed by atoms with Crippen molar-refractivity contribution in [2.24, 2.45) is 10.5 Å². The van der Waals surface area contributed by atoms with Crippen molar-refractivity contribution in [2.45, 2.75) is 38.6 Å². The quantitative estimate of drug-likeness (QED) is 0.661. The summed E-state index contributed by atoms with van der Waals surface area (Å²) in [5, 5.41) is 6.40. The van der Waals surface area contributed by atoms with Crippen molar-refractivity contribution < 1.29 is 4.79 Å². The Morgan fingerprint density at radius 3 is 2.78 bits per heavy atom. The van der Waals surface area contributed by atoms with Crippen LogP contribution in [0.5, 0.6) is 0 Å². The van der Waals surface area contributed by atoms with Crippen LogP contribution in [0.25, 0.3) is 0 Å². The van der Waals surface area contributed by atoms with Crippen LogP contribution in [0, 0.1) is 5.41 Å². The second kappa shape index (κ2) is 6.20. The molecule has 2 atom stereocenters. The van der Waals surface area contributed by atoms with E-state index in [1.807, 2.05) is 37.3 Å². The van der Waals surface area contributed by atoms with E-state index in [0.29, 0.717) is 0 Å². The van der Waals surface area contributed by atoms with E-state index in [-0.39, 0.29) is 11.9 Å². The zero-order chi connectivity index (χ0) is 18.6. The standard InChI is InChI=1S/C22H22BrN3O/c1-15-22(21(27)26(24-15)18-7-3-2-4-8-18)14-16-13-17(23)10-11-19(16)25-12-6-5-9-20(22)25/h2-4,7-8,10-11,13,20H,5-6,9,12,14H2,1H3/t20-,22-/m0/s1. The number of carbonyl (C=O) groups is 1. The molecule has 1 saturated heterocycles. The van der Waals surface area contributed by atoms with E-state index < -0.39 is 5.41 Å². The Balaban J connectivity index is 1.65. The summed E-state index contributed by atoms with van der Waals surface area (Å²) in [6.07, 6.45) is 4.10. The summed E-state index contributed by atoms with van der Waals surface area (Å²) in [4.78, 5) is 16.3. The number of anilines is 2. The number of para-hydroxylation sites is 1. The van der Waals surface area contributed by atoms with Gasteiger partial charge >= 0.3 is 0 Å². The number of nitrogens with zero attached hydrogens (tertiary/aromatic N) is 3. The highest BCUT2D eigenvalue weighted by Crippen LogP contribution is 2.50. The number of hydrazone groups is 1. The third-order valence-corrected chi connectivity index (χ3v) is 6.86. The Kier molecular flexibility index (Phi) is 3.90. The van der Waals surface area contributed by atoms with Gasteiger partial charge in [-0.1, -0.05) is 34.1 Å². The lowest BCUT2D eigenvalue weighted by Gasteiger charge is -2.51. The summed E-state index contributed by atoms with van der Waals surface area (Å²) in [7, 11) is 0. The van der Waals surface area contributed by atoms with E-state index >= 15 is 0 Å². The number of hydrogen-bond donors (Lipinski definition) is 0. The Bertz CT molecular complexity index is 942. The summed E-state index contributed by atoms with van der Waals surface area (Å²) in [5.74, 6) is 0.119. The molecule has 0 aliphatic carbocycles. The molecular weight excluding hydrogens is 402 g/mol. The van der Waals surface area contributed by atoms with E-state index in [4.69, 9.17) is 5.10 Å². The zero-order valence-electron chi connectivity index (χ0n) is 15.4. The Hall–Kier alpha value is -2.14. The zero-order valence-corrected chi connectivity index (χ0v) is 16.9. The first kappa shape index (κ1) is 17.0. The van der Waals surface area contributed by atoms with Crippen LogP contribution in [0.4, 0.5) is 11.4 Å². The molecule has 0 saturated carbocycles. The maximum Gasteiger partial charge on any atom is 0.261 e. The Morgan fingerprint density at radius 2 is 1.96 bits per heavy atom. The molecule has 0 N–H and O–H groups in total. The van der Waals surface area contributed by atoms with Crippen LogP contribution >= 0.6 is 15.9 Å². The minimum absolute atomic E-state index is 0.119. The first-order valence-corrected chi connectivity index (χ1v) is 10.4. The van der Waals surface area contributed by atoms with Crippen LogP contribution in [0.15, 0.2) is 58.1 Å². The number of halogens is 1. The molecule has 3 heterocycles. The minimum Gasteiger partial charge on any atom is -0.367 e. The van der Waals surface area contributed by atoms with Gasteiger partial charge in [0.05, 0.1) is 11.4 Å². The smallest absolute Gasteiger partial charge is 0.261 e. The van der Waals surface area contributed by atoms with Crippen LogP contribution in [0.1, 0.15) is 31.7 Å². The van der Waals surface area contributed by atoms with Crippen molar-refractivity contribution in [1.82, 2.24) is 0 Å². The minimum atomic E-state index is -0.565. The highest BCUT2D eigenvalue weighted by molar-refractivity contribution is 9.10. The summed E-state index contributed by atoms with van der Waals surface area (Å²) < 4.78 is 1.06. The van der Waals surface area contributed by atoms with E-state index in [2.05, 4.69) is 39.0 Å². The normalized spacial score (nSPS) is 26.8. The van der Waals surface area contributed by atoms with Gasteiger partial charge in [0.2, 0.25) is 0 Å². The number of hydrogen-bond acceptors (Lipinski definition) is 3. The lowest BCUT2D eigenvalue weighted by molar-refractivity contribution is -0.125. The van der Waals surface area contributed by atoms with Crippen molar-refractivity contribution in [3.63, 3.8) is 0 Å². The molecule has 138 valence electrons. The van der Waals surface area contributed by atoms with Gasteiger partial charge in [0, 0.05) is 22.7 Å². The highest BCUT2D eigenvalue weighted by Gasteiger charge is 2.59. The van der Waals surface area contributed by atoms with E-state index in [9.17, 15) is 4.79 Å². The summed E-state index contributed by atoms with van der Waals surface area (Å²) in [6.45, 7) is 3.05. The predicted molar refractivity (Wildman–Crippen MR) is 112 cm³/mol. The van der Waals surface area contributed by atoms with Crippen LogP contribution in [0.3, 0.4) is 0 Å². The molecule has 0 radical (unpaired) electrons. The van der Waals surface area contributed by atoms with Crippen LogP contribution in [-0.2, 0) is 11.2 Å². The summed E-state index contributed by atoms with van der Waals surface area (Å²) in [6, 6.07) is 16.5. The van der Waals surface area contributed by atoms with Crippen molar-refractivity contribution in [2.75, 3.05) is 16.5 Å². The third kappa shape index (κ3) is 2.40. The fourth-order valence-corrected chi connectivity index (χ4v) is 5.49. The molecular formula is C22H22BrN3O. The largest absolute Gasteiger partial charge is 0.367 e. The number of piperidine rings is 1. The molecule has 1 fully saturated rings. The maximum atomic E-state index is 13.8. The predicted octanol–water partition coefficient (Wildman–Crippen LogP) is 4.77. The van der Waals surface area contributed by atoms with Gasteiger partial charge in [-0.3, -0.25) is 4.79 Å². The van der Waals surface area contributed by atoms with Crippen molar-refractivity contribution in [3.8, 4) is 0 Å². The molecule has 4 nitrogen and oxygen atoms in total. The topological polar surface area (TPSA) is 35.9 Å². The molecule has 3 aliphatic heterocycles. The summed E-state index contributed by atoms with van der Waals surface area (Å²) >= 11 is 3.61. The second-order valence-corrected chi connectivity index (χ2v) is 8.68. The Labute approximate surface area is 168 Å². The number of carbonyl (C=O) groups excluding carboxylic acids is 1. The van der Waals surface area contributed by atoms with Crippen molar-refractivity contribution in [3.05, 3.63) is 58.6 Å². The molecule has 3 aliphatic rings. The molecule has 2 aromatic carbocycles. The van der Waals surface area contributed by atoms with Gasteiger partial charge in [0.15, 0.2) is 0 Å². The van der Waals surface area contributed by atoms with Crippen LogP contribution in [-0.4, -0.2) is 24.2 Å². The average molecular weight is 424 g/mol. The average Bonchev–Trinajstić information content (AvgIpc) is 2.94. The molecule has 0 bridgehead atoms. The SMILES string of the molecule is CC1=NN(c2ccccc2)C(=O)[C@@]12Cc1cc(Br)ccc1N1CCCC[C@H]12. The fourth-order valence-electron chi connectivity index (χ4n) is 5.09. The molecule has 27 heavy (non-hydrogen) atoms. The highest BCUT2D eigenvalue weighted by atomic mass is 79.9. The lowest BCUT2D eigenvalue weighted by atomic mass is 9.66. The molecule has 0 aromatic heterocycles. The molecule has 1 amide bonds. The summed E-state index contributed by atoms with van der Waals surface area (Å²) in [5.41, 5.74) is 3.75. The van der Waals surface area contributed by atoms with Gasteiger partial charge in [-0.2, -0.15) is 10.1 Å². The molecule has 5 heteroatoms. The number of rotatable bonds is 1. The Morgan fingerprint density at radius 1 is 1.15 bits per heavy atom. The van der Waals surface area contributed by atoms with Gasteiger partial charge in [-0.15, -0.1) is 0 Å². The lowest BCUT2D eigenvalue weighted by Crippen LogP contribution is -2.61. The number of fused-ring (bicyclic) bond motifs is 4. The van der Waals surface area contributed by atoms with Gasteiger partial charge in [-0.25, -0.2) is 0 Å². The molecule has 0 unspecified atom stereocenters. The van der Waals surface area contributed by atoms with Crippen molar-refractivity contribution >= 4 is 38.9 Å². The monoisotopic (exact) mass is 423 g/mol. The van der Waals surface area contributed by atoms with Gasteiger partial charge in [0.25, 0.3) is 5.91 Å². The first-order valence-electron chi connectivity index (χ1n) is 9.61. The molecule has 2 aromatic rings. The molecule has 5 rings (SSSR count). The van der Waals surface area contributed by atoms with E-state index in [1.54, 1.807) is 5.01 Å².